The van der Waals surface area contributed by atoms with E-state index >= 15 is 0 Å². The van der Waals surface area contributed by atoms with Gasteiger partial charge in [0, 0.05) is 11.9 Å². The van der Waals surface area contributed by atoms with E-state index in [0.717, 1.165) is 24.8 Å². The van der Waals surface area contributed by atoms with Crippen molar-refractivity contribution in [3.8, 4) is 0 Å². The summed E-state index contributed by atoms with van der Waals surface area (Å²) in [6.45, 7) is 0.871. The average molecular weight is 204 g/mol. The minimum absolute atomic E-state index is 0.782. The molecule has 1 aromatic heterocycles. The molecular formula is C13H20N2. The van der Waals surface area contributed by atoms with Crippen molar-refractivity contribution >= 4 is 0 Å². The summed E-state index contributed by atoms with van der Waals surface area (Å²) < 4.78 is 0. The van der Waals surface area contributed by atoms with Crippen LogP contribution in [0.5, 0.6) is 0 Å². The zero-order valence-electron chi connectivity index (χ0n) is 9.23. The number of hydrogen-bond acceptors (Lipinski definition) is 2. The third-order valence-electron chi connectivity index (χ3n) is 3.52. The highest BCUT2D eigenvalue weighted by Crippen LogP contribution is 2.29. The number of pyridine rings is 1. The summed E-state index contributed by atoms with van der Waals surface area (Å²) in [4.78, 5) is 4.39. The van der Waals surface area contributed by atoms with Crippen molar-refractivity contribution in [1.29, 1.82) is 0 Å². The first-order valence-corrected chi connectivity index (χ1v) is 5.98. The van der Waals surface area contributed by atoms with E-state index in [0.29, 0.717) is 0 Å². The van der Waals surface area contributed by atoms with Gasteiger partial charge in [-0.25, -0.2) is 0 Å². The van der Waals surface area contributed by atoms with E-state index in [2.05, 4.69) is 17.1 Å². The Bertz CT molecular complexity index is 276. The molecule has 0 radical (unpaired) electrons. The van der Waals surface area contributed by atoms with Gasteiger partial charge in [0.2, 0.25) is 0 Å². The molecule has 0 spiro atoms. The maximum atomic E-state index is 5.69. The van der Waals surface area contributed by atoms with Crippen LogP contribution in [0.3, 0.4) is 0 Å². The zero-order valence-corrected chi connectivity index (χ0v) is 9.23. The molecule has 1 heterocycles. The first kappa shape index (κ1) is 10.6. The van der Waals surface area contributed by atoms with E-state index in [1.807, 2.05) is 12.3 Å². The van der Waals surface area contributed by atoms with Crippen LogP contribution in [-0.4, -0.2) is 11.5 Å². The predicted octanol–water partition coefficient (Wildman–Crippen LogP) is 2.39. The Morgan fingerprint density at radius 2 is 1.87 bits per heavy atom. The van der Waals surface area contributed by atoms with Gasteiger partial charge in [0.1, 0.15) is 0 Å². The largest absolute Gasteiger partial charge is 0.330 e. The molecule has 1 aliphatic rings. The van der Waals surface area contributed by atoms with Gasteiger partial charge in [-0.3, -0.25) is 4.98 Å². The minimum Gasteiger partial charge on any atom is -0.330 e. The van der Waals surface area contributed by atoms with Crippen molar-refractivity contribution in [2.45, 2.75) is 32.1 Å². The van der Waals surface area contributed by atoms with Crippen LogP contribution in [0.4, 0.5) is 0 Å². The van der Waals surface area contributed by atoms with Gasteiger partial charge in [-0.2, -0.15) is 0 Å². The van der Waals surface area contributed by atoms with Crippen LogP contribution in [0.2, 0.25) is 0 Å². The molecular weight excluding hydrogens is 184 g/mol. The highest BCUT2D eigenvalue weighted by atomic mass is 14.7. The second-order valence-electron chi connectivity index (χ2n) is 4.65. The van der Waals surface area contributed by atoms with Crippen LogP contribution >= 0.6 is 0 Å². The van der Waals surface area contributed by atoms with Crippen molar-refractivity contribution in [1.82, 2.24) is 4.98 Å². The lowest BCUT2D eigenvalue weighted by molar-refractivity contribution is 0.277. The van der Waals surface area contributed by atoms with Crippen molar-refractivity contribution in [2.75, 3.05) is 6.54 Å². The van der Waals surface area contributed by atoms with Gasteiger partial charge in [-0.15, -0.1) is 0 Å². The highest BCUT2D eigenvalue weighted by molar-refractivity contribution is 5.04. The molecule has 0 saturated heterocycles. The normalized spacial score (nSPS) is 26.5. The lowest BCUT2D eigenvalue weighted by Crippen LogP contribution is -2.22. The van der Waals surface area contributed by atoms with Gasteiger partial charge in [-0.05, 0) is 62.6 Å². The second kappa shape index (κ2) is 5.26. The topological polar surface area (TPSA) is 38.9 Å². The average Bonchev–Trinajstić information content (AvgIpc) is 2.31. The Hall–Kier alpha value is -0.890. The Morgan fingerprint density at radius 3 is 2.47 bits per heavy atom. The van der Waals surface area contributed by atoms with Crippen molar-refractivity contribution < 1.29 is 0 Å². The molecule has 0 amide bonds. The van der Waals surface area contributed by atoms with Gasteiger partial charge < -0.3 is 5.73 Å². The number of aromatic nitrogens is 1. The number of rotatable bonds is 3. The molecule has 2 nitrogen and oxygen atoms in total. The van der Waals surface area contributed by atoms with E-state index in [1.165, 1.54) is 31.4 Å². The Balaban J connectivity index is 1.82. The van der Waals surface area contributed by atoms with Gasteiger partial charge in [0.05, 0.1) is 0 Å². The van der Waals surface area contributed by atoms with Crippen molar-refractivity contribution in [3.63, 3.8) is 0 Å². The SMILES string of the molecule is NCC1CCC(Cc2ccccn2)CC1. The van der Waals surface area contributed by atoms with E-state index < -0.39 is 0 Å². The predicted molar refractivity (Wildman–Crippen MR) is 62.4 cm³/mol. The monoisotopic (exact) mass is 204 g/mol. The maximum Gasteiger partial charge on any atom is 0.0406 e. The third kappa shape index (κ3) is 3.03. The van der Waals surface area contributed by atoms with E-state index in [4.69, 9.17) is 5.73 Å². The Morgan fingerprint density at radius 1 is 1.13 bits per heavy atom. The van der Waals surface area contributed by atoms with E-state index in [-0.39, 0.29) is 0 Å². The van der Waals surface area contributed by atoms with Crippen LogP contribution in [-0.2, 0) is 6.42 Å². The molecule has 1 aromatic rings. The molecule has 0 aliphatic heterocycles. The highest BCUT2D eigenvalue weighted by Gasteiger charge is 2.20. The van der Waals surface area contributed by atoms with Gasteiger partial charge in [0.15, 0.2) is 0 Å². The first-order chi connectivity index (χ1) is 7.38. The van der Waals surface area contributed by atoms with Crippen LogP contribution in [0.15, 0.2) is 24.4 Å². The second-order valence-corrected chi connectivity index (χ2v) is 4.65. The fraction of sp³-hybridized carbons (Fsp3) is 0.615. The molecule has 1 fully saturated rings. The lowest BCUT2D eigenvalue weighted by Gasteiger charge is -2.27. The molecule has 2 rings (SSSR count). The van der Waals surface area contributed by atoms with E-state index in [9.17, 15) is 0 Å². The third-order valence-corrected chi connectivity index (χ3v) is 3.52. The van der Waals surface area contributed by atoms with Crippen LogP contribution in [0.1, 0.15) is 31.4 Å². The van der Waals surface area contributed by atoms with Crippen LogP contribution in [0, 0.1) is 11.8 Å². The fourth-order valence-corrected chi connectivity index (χ4v) is 2.49. The fourth-order valence-electron chi connectivity index (χ4n) is 2.49. The molecule has 2 heteroatoms. The van der Waals surface area contributed by atoms with E-state index in [1.54, 1.807) is 0 Å². The minimum atomic E-state index is 0.782. The standard InChI is InChI=1S/C13H20N2/c14-10-12-6-4-11(5-7-12)9-13-3-1-2-8-15-13/h1-3,8,11-12H,4-7,9-10,14H2. The molecule has 0 aromatic carbocycles. The summed E-state index contributed by atoms with van der Waals surface area (Å²) in [5.41, 5.74) is 6.93. The molecule has 0 atom stereocenters. The molecule has 2 N–H and O–H groups in total. The van der Waals surface area contributed by atoms with Gasteiger partial charge >= 0.3 is 0 Å². The zero-order chi connectivity index (χ0) is 10.5. The number of hydrogen-bond donors (Lipinski definition) is 1. The van der Waals surface area contributed by atoms with Gasteiger partial charge in [-0.1, -0.05) is 6.07 Å². The summed E-state index contributed by atoms with van der Waals surface area (Å²) in [7, 11) is 0. The summed E-state index contributed by atoms with van der Waals surface area (Å²) in [5.74, 6) is 1.62. The lowest BCUT2D eigenvalue weighted by atomic mass is 9.80. The van der Waals surface area contributed by atoms with Crippen LogP contribution in [0.25, 0.3) is 0 Å². The quantitative estimate of drug-likeness (QED) is 0.821. The smallest absolute Gasteiger partial charge is 0.0406 e. The Labute approximate surface area is 91.9 Å². The molecule has 1 saturated carbocycles. The van der Waals surface area contributed by atoms with Crippen LogP contribution < -0.4 is 5.73 Å². The number of nitrogens with zero attached hydrogens (tertiary/aromatic N) is 1. The summed E-state index contributed by atoms with van der Waals surface area (Å²) in [6.07, 6.45) is 8.33. The Kier molecular flexibility index (Phi) is 3.73. The number of nitrogens with two attached hydrogens (primary N) is 1. The molecule has 0 unspecified atom stereocenters. The summed E-state index contributed by atoms with van der Waals surface area (Å²) in [5, 5.41) is 0. The van der Waals surface area contributed by atoms with Crippen molar-refractivity contribution in [3.05, 3.63) is 30.1 Å². The summed E-state index contributed by atoms with van der Waals surface area (Å²) >= 11 is 0. The molecule has 0 bridgehead atoms. The summed E-state index contributed by atoms with van der Waals surface area (Å²) in [6, 6.07) is 6.19. The van der Waals surface area contributed by atoms with Gasteiger partial charge in [0.25, 0.3) is 0 Å². The molecule has 1 aliphatic carbocycles. The first-order valence-electron chi connectivity index (χ1n) is 5.98. The maximum absolute atomic E-state index is 5.69. The molecule has 15 heavy (non-hydrogen) atoms. The molecule has 82 valence electrons. The van der Waals surface area contributed by atoms with Crippen molar-refractivity contribution in [2.24, 2.45) is 17.6 Å².